The Bertz CT molecular complexity index is 1210. The predicted molar refractivity (Wildman–Crippen MR) is 113 cm³/mol. The van der Waals surface area contributed by atoms with E-state index in [9.17, 15) is 32.0 Å². The normalized spacial score (nSPS) is 25.3. The highest BCUT2D eigenvalue weighted by atomic mass is 32.2. The van der Waals surface area contributed by atoms with Crippen molar-refractivity contribution in [2.75, 3.05) is 13.1 Å². The van der Waals surface area contributed by atoms with Crippen molar-refractivity contribution in [2.45, 2.75) is 30.8 Å². The lowest BCUT2D eigenvalue weighted by Gasteiger charge is -2.34. The predicted octanol–water partition coefficient (Wildman–Crippen LogP) is -0.503. The Labute approximate surface area is 189 Å². The first-order chi connectivity index (χ1) is 15.6. The van der Waals surface area contributed by atoms with Crippen LogP contribution in [0.5, 0.6) is 0 Å². The largest absolute Gasteiger partial charge is 0.367 e. The second-order valence-corrected chi connectivity index (χ2v) is 9.69. The van der Waals surface area contributed by atoms with E-state index < -0.39 is 62.4 Å². The number of ketones is 2. The number of sulfonamides is 1. The molecule has 2 unspecified atom stereocenters. The lowest BCUT2D eigenvalue weighted by atomic mass is 9.89. The number of amides is 2. The van der Waals surface area contributed by atoms with E-state index >= 15 is 0 Å². The second-order valence-electron chi connectivity index (χ2n) is 7.88. The Hall–Kier alpha value is -3.25. The summed E-state index contributed by atoms with van der Waals surface area (Å²) in [5, 5.41) is -0.717. The van der Waals surface area contributed by atoms with Crippen molar-refractivity contribution in [3.63, 3.8) is 0 Å². The monoisotopic (exact) mass is 475 g/mol. The summed E-state index contributed by atoms with van der Waals surface area (Å²) in [6.45, 7) is -0.807. The molecular weight excluding hydrogens is 455 g/mol. The van der Waals surface area contributed by atoms with Crippen LogP contribution in [0.3, 0.4) is 0 Å². The smallest absolute Gasteiger partial charge is 0.264 e. The van der Waals surface area contributed by atoms with E-state index in [-0.39, 0.29) is 25.8 Å². The third-order valence-electron chi connectivity index (χ3n) is 6.07. The number of hydrogen-bond acceptors (Lipinski definition) is 7. The summed E-state index contributed by atoms with van der Waals surface area (Å²) in [5.41, 5.74) is 4.03. The molecule has 173 valence electrons. The SMILES string of the molecule is NC(=O)C12C(=O)CN(S(=O)(=O)C3=NC=CCC3=O)C1CCN2C(=O)[CH]Cc1ccc(F)cc1. The van der Waals surface area contributed by atoms with Crippen LogP contribution in [-0.4, -0.2) is 70.7 Å². The van der Waals surface area contributed by atoms with Gasteiger partial charge in [-0.1, -0.05) is 18.2 Å². The number of nitrogens with two attached hydrogens (primary N) is 1. The van der Waals surface area contributed by atoms with Crippen LogP contribution in [0.25, 0.3) is 0 Å². The van der Waals surface area contributed by atoms with Gasteiger partial charge in [0, 0.05) is 19.2 Å². The summed E-state index contributed by atoms with van der Waals surface area (Å²) < 4.78 is 40.2. The van der Waals surface area contributed by atoms with E-state index in [1.165, 1.54) is 43.0 Å². The highest BCUT2D eigenvalue weighted by Crippen LogP contribution is 2.41. The van der Waals surface area contributed by atoms with Crippen LogP contribution in [0.4, 0.5) is 4.39 Å². The van der Waals surface area contributed by atoms with E-state index in [0.29, 0.717) is 5.56 Å². The van der Waals surface area contributed by atoms with Gasteiger partial charge in [-0.3, -0.25) is 19.2 Å². The van der Waals surface area contributed by atoms with Crippen molar-refractivity contribution >= 4 is 38.4 Å². The number of fused-ring (bicyclic) bond motifs is 1. The van der Waals surface area contributed by atoms with Crippen LogP contribution in [-0.2, 0) is 35.6 Å². The number of halogens is 1. The second kappa shape index (κ2) is 8.27. The molecule has 1 aromatic rings. The number of allylic oxidation sites excluding steroid dienone is 1. The number of likely N-dealkylation sites (tertiary alicyclic amines) is 1. The number of hydrogen-bond donors (Lipinski definition) is 1. The third-order valence-corrected chi connectivity index (χ3v) is 7.89. The minimum Gasteiger partial charge on any atom is -0.367 e. The van der Waals surface area contributed by atoms with Gasteiger partial charge in [0.05, 0.1) is 19.0 Å². The van der Waals surface area contributed by atoms with E-state index in [1.54, 1.807) is 0 Å². The van der Waals surface area contributed by atoms with Gasteiger partial charge in [-0.15, -0.1) is 0 Å². The Balaban J connectivity index is 1.62. The van der Waals surface area contributed by atoms with Crippen molar-refractivity contribution in [3.8, 4) is 0 Å². The standard InChI is InChI=1S/C21H20FN4O6S/c22-14-6-3-13(4-7-14)5-8-18(29)25-11-9-16-21(25,20(23)30)17(28)12-26(16)33(31,32)19-15(27)2-1-10-24-19/h1,3-4,6-8,10,16H,2,5,9,11-12H2,(H2,23,30). The summed E-state index contributed by atoms with van der Waals surface area (Å²) in [6, 6.07) is 4.19. The molecule has 2 atom stereocenters. The molecule has 4 rings (SSSR count). The fourth-order valence-electron chi connectivity index (χ4n) is 4.55. The molecule has 0 aromatic heterocycles. The molecule has 2 N–H and O–H groups in total. The average Bonchev–Trinajstić information content (AvgIpc) is 3.31. The Morgan fingerprint density at radius 3 is 2.58 bits per heavy atom. The minimum atomic E-state index is -4.51. The molecule has 0 saturated carbocycles. The number of Topliss-reactive ketones (excluding diaryl/α,β-unsaturated/α-hetero) is 2. The minimum absolute atomic E-state index is 0.0264. The van der Waals surface area contributed by atoms with Crippen LogP contribution >= 0.6 is 0 Å². The molecule has 3 heterocycles. The van der Waals surface area contributed by atoms with Gasteiger partial charge in [0.15, 0.2) is 17.1 Å². The number of rotatable bonds is 5. The van der Waals surface area contributed by atoms with Gasteiger partial charge < -0.3 is 10.6 Å². The number of nitrogens with zero attached hydrogens (tertiary/aromatic N) is 3. The van der Waals surface area contributed by atoms with Gasteiger partial charge in [-0.2, -0.15) is 4.31 Å². The number of carbonyl (C=O) groups is 4. The zero-order valence-corrected chi connectivity index (χ0v) is 18.1. The number of aliphatic imine (C=N–C) groups is 1. The van der Waals surface area contributed by atoms with Gasteiger partial charge >= 0.3 is 0 Å². The Kier molecular flexibility index (Phi) is 5.74. The highest BCUT2D eigenvalue weighted by Gasteiger charge is 2.68. The molecule has 1 radical (unpaired) electrons. The maximum absolute atomic E-state index is 13.2. The number of primary amides is 1. The van der Waals surface area contributed by atoms with Crippen LogP contribution < -0.4 is 5.73 Å². The van der Waals surface area contributed by atoms with Crippen LogP contribution in [0.1, 0.15) is 18.4 Å². The number of benzene rings is 1. The molecule has 1 aromatic carbocycles. The van der Waals surface area contributed by atoms with E-state index in [1.807, 2.05) is 0 Å². The zero-order valence-electron chi connectivity index (χ0n) is 17.3. The maximum Gasteiger partial charge on any atom is 0.264 e. The molecule has 0 spiro atoms. The fourth-order valence-corrected chi connectivity index (χ4v) is 6.21. The average molecular weight is 475 g/mol. The molecule has 0 aliphatic carbocycles. The lowest BCUT2D eigenvalue weighted by Crippen LogP contribution is -2.64. The van der Waals surface area contributed by atoms with Crippen LogP contribution in [0, 0.1) is 12.2 Å². The van der Waals surface area contributed by atoms with Gasteiger partial charge in [0.1, 0.15) is 5.82 Å². The quantitative estimate of drug-likeness (QED) is 0.568. The molecule has 2 fully saturated rings. The van der Waals surface area contributed by atoms with Crippen molar-refractivity contribution in [3.05, 3.63) is 54.3 Å². The summed E-state index contributed by atoms with van der Waals surface area (Å²) in [5.74, 6) is -3.84. The van der Waals surface area contributed by atoms with E-state index in [2.05, 4.69) is 4.99 Å². The molecule has 33 heavy (non-hydrogen) atoms. The Morgan fingerprint density at radius 1 is 1.24 bits per heavy atom. The summed E-state index contributed by atoms with van der Waals surface area (Å²) in [7, 11) is -4.51. The summed E-state index contributed by atoms with van der Waals surface area (Å²) in [4.78, 5) is 55.4. The van der Waals surface area contributed by atoms with Crippen LogP contribution in [0.2, 0.25) is 0 Å². The molecule has 3 aliphatic heterocycles. The molecule has 2 amide bonds. The van der Waals surface area contributed by atoms with Crippen molar-refractivity contribution in [2.24, 2.45) is 10.7 Å². The molecule has 2 saturated heterocycles. The summed E-state index contributed by atoms with van der Waals surface area (Å²) in [6.07, 6.45) is 3.72. The molecule has 10 nitrogen and oxygen atoms in total. The molecule has 12 heteroatoms. The van der Waals surface area contributed by atoms with Crippen molar-refractivity contribution < 1.29 is 32.0 Å². The van der Waals surface area contributed by atoms with Gasteiger partial charge in [0.25, 0.3) is 15.9 Å². The van der Waals surface area contributed by atoms with E-state index in [0.717, 1.165) is 9.21 Å². The van der Waals surface area contributed by atoms with Gasteiger partial charge in [-0.05, 0) is 30.5 Å². The first-order valence-corrected chi connectivity index (χ1v) is 11.5. The fraction of sp³-hybridized carbons (Fsp3) is 0.333. The maximum atomic E-state index is 13.2. The highest BCUT2D eigenvalue weighted by molar-refractivity contribution is 8.06. The van der Waals surface area contributed by atoms with Crippen LogP contribution in [0.15, 0.2) is 41.5 Å². The molecule has 3 aliphatic rings. The lowest BCUT2D eigenvalue weighted by molar-refractivity contribution is -0.147. The number of carbonyl (C=O) groups excluding carboxylic acids is 4. The first-order valence-electron chi connectivity index (χ1n) is 10.1. The van der Waals surface area contributed by atoms with Gasteiger partial charge in [-0.25, -0.2) is 17.8 Å². The Morgan fingerprint density at radius 2 is 1.94 bits per heavy atom. The topological polar surface area (TPSA) is 147 Å². The van der Waals surface area contributed by atoms with E-state index in [4.69, 9.17) is 5.73 Å². The van der Waals surface area contributed by atoms with Crippen molar-refractivity contribution in [1.29, 1.82) is 0 Å². The molecular formula is C21H20FN4O6S. The molecule has 0 bridgehead atoms. The summed E-state index contributed by atoms with van der Waals surface area (Å²) >= 11 is 0. The van der Waals surface area contributed by atoms with Gasteiger partial charge in [0.2, 0.25) is 11.0 Å². The third kappa shape index (κ3) is 3.59. The zero-order chi connectivity index (χ0) is 24.0. The first kappa shape index (κ1) is 22.9. The van der Waals surface area contributed by atoms with Crippen molar-refractivity contribution in [1.82, 2.24) is 9.21 Å².